The van der Waals surface area contributed by atoms with Crippen molar-refractivity contribution in [3.05, 3.63) is 57.3 Å². The van der Waals surface area contributed by atoms with E-state index < -0.39 is 5.91 Å². The number of hydrogen-bond acceptors (Lipinski definition) is 3. The second kappa shape index (κ2) is 5.11. The number of hydrogen-bond donors (Lipinski definition) is 1. The molecule has 100 valence electrons. The first kappa shape index (κ1) is 12.9. The second-order valence-corrected chi connectivity index (χ2v) is 5.86. The lowest BCUT2D eigenvalue weighted by atomic mass is 10.2. The van der Waals surface area contributed by atoms with Gasteiger partial charge < -0.3 is 0 Å². The fourth-order valence-electron chi connectivity index (χ4n) is 1.86. The number of amides is 2. The monoisotopic (exact) mass is 304 g/mol. The summed E-state index contributed by atoms with van der Waals surface area (Å²) in [6, 6.07) is 12.4. The number of carbonyl (C=O) groups is 2. The van der Waals surface area contributed by atoms with Gasteiger partial charge in [0, 0.05) is 4.88 Å². The molecule has 1 aliphatic rings. The van der Waals surface area contributed by atoms with Crippen molar-refractivity contribution in [1.29, 1.82) is 0 Å². The quantitative estimate of drug-likeness (QED) is 0.685. The number of nitrogens with one attached hydrogen (secondary N) is 1. The first-order valence-corrected chi connectivity index (χ1v) is 7.02. The third-order valence-corrected chi connectivity index (χ3v) is 3.96. The largest absolute Gasteiger partial charge is 0.282 e. The predicted octanol–water partition coefficient (Wildman–Crippen LogP) is 2.86. The molecule has 6 heteroatoms. The van der Waals surface area contributed by atoms with Gasteiger partial charge in [-0.3, -0.25) is 15.0 Å². The van der Waals surface area contributed by atoms with E-state index in [-0.39, 0.29) is 11.5 Å². The number of benzene rings is 1. The average Bonchev–Trinajstić information content (AvgIpc) is 2.98. The van der Waals surface area contributed by atoms with Crippen molar-refractivity contribution in [2.45, 2.75) is 0 Å². The SMILES string of the molecule is O=C1NN(c2ccccc2)C(=O)C1=Cc1ccc(Cl)s1. The van der Waals surface area contributed by atoms with Crippen molar-refractivity contribution in [2.24, 2.45) is 0 Å². The van der Waals surface area contributed by atoms with E-state index in [9.17, 15) is 9.59 Å². The van der Waals surface area contributed by atoms with Crippen LogP contribution in [0.15, 0.2) is 48.0 Å². The fraction of sp³-hybridized carbons (Fsp3) is 0. The molecule has 0 saturated carbocycles. The van der Waals surface area contributed by atoms with E-state index in [0.717, 1.165) is 4.88 Å². The minimum absolute atomic E-state index is 0.104. The van der Waals surface area contributed by atoms with Gasteiger partial charge in [0.1, 0.15) is 5.57 Å². The van der Waals surface area contributed by atoms with Crippen LogP contribution in [0.3, 0.4) is 0 Å². The minimum Gasteiger partial charge on any atom is -0.267 e. The summed E-state index contributed by atoms with van der Waals surface area (Å²) in [5.74, 6) is -0.783. The number of carbonyl (C=O) groups excluding carboxylic acids is 2. The lowest BCUT2D eigenvalue weighted by molar-refractivity contribution is -0.117. The van der Waals surface area contributed by atoms with Gasteiger partial charge in [-0.05, 0) is 30.3 Å². The lowest BCUT2D eigenvalue weighted by Gasteiger charge is -2.13. The maximum absolute atomic E-state index is 12.3. The van der Waals surface area contributed by atoms with Gasteiger partial charge in [-0.25, -0.2) is 5.01 Å². The van der Waals surface area contributed by atoms with Crippen LogP contribution in [0.2, 0.25) is 4.34 Å². The molecular formula is C14H9ClN2O2S. The van der Waals surface area contributed by atoms with Crippen molar-refractivity contribution in [3.8, 4) is 0 Å². The van der Waals surface area contributed by atoms with Crippen LogP contribution in [-0.2, 0) is 9.59 Å². The Morgan fingerprint density at radius 1 is 1.10 bits per heavy atom. The lowest BCUT2D eigenvalue weighted by Crippen LogP contribution is -2.35. The molecule has 0 radical (unpaired) electrons. The number of anilines is 1. The molecule has 1 aromatic carbocycles. The number of rotatable bonds is 2. The van der Waals surface area contributed by atoms with Crippen molar-refractivity contribution in [3.63, 3.8) is 0 Å². The van der Waals surface area contributed by atoms with Crippen LogP contribution in [0, 0.1) is 0 Å². The van der Waals surface area contributed by atoms with Gasteiger partial charge in [0.2, 0.25) is 0 Å². The Hall–Kier alpha value is -2.11. The summed E-state index contributed by atoms with van der Waals surface area (Å²) in [4.78, 5) is 24.9. The molecule has 2 aromatic rings. The number of hydrazine groups is 1. The Morgan fingerprint density at radius 3 is 2.50 bits per heavy atom. The molecule has 20 heavy (non-hydrogen) atoms. The number of halogens is 1. The summed E-state index contributed by atoms with van der Waals surface area (Å²) in [6.45, 7) is 0. The van der Waals surface area contributed by atoms with Crippen LogP contribution in [0.4, 0.5) is 5.69 Å². The van der Waals surface area contributed by atoms with E-state index in [1.54, 1.807) is 42.5 Å². The normalized spacial score (nSPS) is 16.9. The standard InChI is InChI=1S/C14H9ClN2O2S/c15-12-7-6-10(20-12)8-11-13(18)16-17(14(11)19)9-4-2-1-3-5-9/h1-8H,(H,16,18). The number of para-hydroxylation sites is 1. The summed E-state index contributed by atoms with van der Waals surface area (Å²) in [7, 11) is 0. The summed E-state index contributed by atoms with van der Waals surface area (Å²) in [6.07, 6.45) is 1.55. The fourth-order valence-corrected chi connectivity index (χ4v) is 2.87. The zero-order chi connectivity index (χ0) is 14.1. The minimum atomic E-state index is -0.414. The number of nitrogens with zero attached hydrogens (tertiary/aromatic N) is 1. The molecule has 1 fully saturated rings. The van der Waals surface area contributed by atoms with Gasteiger partial charge in [-0.1, -0.05) is 29.8 Å². The summed E-state index contributed by atoms with van der Waals surface area (Å²) in [5, 5.41) is 1.24. The molecule has 0 aliphatic carbocycles. The van der Waals surface area contributed by atoms with Gasteiger partial charge in [0.25, 0.3) is 11.8 Å². The van der Waals surface area contributed by atoms with E-state index in [1.165, 1.54) is 16.3 Å². The van der Waals surface area contributed by atoms with E-state index in [1.807, 2.05) is 6.07 Å². The van der Waals surface area contributed by atoms with Crippen LogP contribution in [0.5, 0.6) is 0 Å². The molecule has 0 bridgehead atoms. The Bertz CT molecular complexity index is 709. The first-order chi connectivity index (χ1) is 9.65. The van der Waals surface area contributed by atoms with Gasteiger partial charge >= 0.3 is 0 Å². The predicted molar refractivity (Wildman–Crippen MR) is 79.4 cm³/mol. The third-order valence-electron chi connectivity index (χ3n) is 2.79. The molecule has 1 saturated heterocycles. The summed E-state index contributed by atoms with van der Waals surface area (Å²) in [5.41, 5.74) is 3.27. The molecule has 2 amide bonds. The Balaban J connectivity index is 1.93. The van der Waals surface area contributed by atoms with Crippen molar-refractivity contribution in [1.82, 2.24) is 5.43 Å². The summed E-state index contributed by atoms with van der Waals surface area (Å²) < 4.78 is 0.614. The zero-order valence-corrected chi connectivity index (χ0v) is 11.7. The third kappa shape index (κ3) is 2.33. The topological polar surface area (TPSA) is 49.4 Å². The van der Waals surface area contributed by atoms with Crippen LogP contribution < -0.4 is 10.4 Å². The van der Waals surface area contributed by atoms with E-state index in [2.05, 4.69) is 5.43 Å². The number of thiophene rings is 1. The highest BCUT2D eigenvalue weighted by atomic mass is 35.5. The molecule has 0 unspecified atom stereocenters. The smallest absolute Gasteiger partial charge is 0.267 e. The second-order valence-electron chi connectivity index (χ2n) is 4.12. The van der Waals surface area contributed by atoms with E-state index >= 15 is 0 Å². The molecular weight excluding hydrogens is 296 g/mol. The average molecular weight is 305 g/mol. The van der Waals surface area contributed by atoms with Crippen LogP contribution in [0.1, 0.15) is 4.88 Å². The highest BCUT2D eigenvalue weighted by Gasteiger charge is 2.34. The van der Waals surface area contributed by atoms with Crippen LogP contribution in [0.25, 0.3) is 6.08 Å². The first-order valence-electron chi connectivity index (χ1n) is 5.83. The van der Waals surface area contributed by atoms with Crippen molar-refractivity contribution in [2.75, 3.05) is 5.01 Å². The van der Waals surface area contributed by atoms with Gasteiger partial charge in [-0.15, -0.1) is 11.3 Å². The van der Waals surface area contributed by atoms with Crippen LogP contribution in [-0.4, -0.2) is 11.8 Å². The Labute approximate surface area is 124 Å². The summed E-state index contributed by atoms with van der Waals surface area (Å²) >= 11 is 7.15. The van der Waals surface area contributed by atoms with Gasteiger partial charge in [0.15, 0.2) is 0 Å². The van der Waals surface area contributed by atoms with Gasteiger partial charge in [0.05, 0.1) is 10.0 Å². The Morgan fingerprint density at radius 2 is 1.85 bits per heavy atom. The molecule has 2 heterocycles. The molecule has 3 rings (SSSR count). The van der Waals surface area contributed by atoms with Gasteiger partial charge in [-0.2, -0.15) is 0 Å². The highest BCUT2D eigenvalue weighted by molar-refractivity contribution is 7.17. The highest BCUT2D eigenvalue weighted by Crippen LogP contribution is 2.26. The van der Waals surface area contributed by atoms with E-state index in [0.29, 0.717) is 10.0 Å². The molecule has 1 N–H and O–H groups in total. The van der Waals surface area contributed by atoms with Crippen LogP contribution >= 0.6 is 22.9 Å². The Kier molecular flexibility index (Phi) is 3.30. The van der Waals surface area contributed by atoms with Crippen molar-refractivity contribution >= 4 is 46.5 Å². The molecule has 0 atom stereocenters. The zero-order valence-electron chi connectivity index (χ0n) is 10.2. The molecule has 4 nitrogen and oxygen atoms in total. The van der Waals surface area contributed by atoms with E-state index in [4.69, 9.17) is 11.6 Å². The molecule has 0 spiro atoms. The maximum Gasteiger partial charge on any atom is 0.282 e. The molecule has 1 aromatic heterocycles. The maximum atomic E-state index is 12.3. The van der Waals surface area contributed by atoms with Crippen molar-refractivity contribution < 1.29 is 9.59 Å². The molecule has 1 aliphatic heterocycles.